The van der Waals surface area contributed by atoms with E-state index in [-0.39, 0.29) is 11.6 Å². The molecule has 23 heavy (non-hydrogen) atoms. The van der Waals surface area contributed by atoms with Gasteiger partial charge in [0.2, 0.25) is 0 Å². The second-order valence-electron chi connectivity index (χ2n) is 4.88. The summed E-state index contributed by atoms with van der Waals surface area (Å²) in [5.74, 6) is 0.448. The quantitative estimate of drug-likeness (QED) is 0.763. The fraction of sp³-hybridized carbons (Fsp3) is 0.118. The van der Waals surface area contributed by atoms with Crippen LogP contribution in [0.25, 0.3) is 11.0 Å². The number of methoxy groups -OCH3 is 1. The lowest BCUT2D eigenvalue weighted by Gasteiger charge is -2.10. The Kier molecular flexibility index (Phi) is 4.52. The highest BCUT2D eigenvalue weighted by atomic mass is 79.9. The summed E-state index contributed by atoms with van der Waals surface area (Å²) in [5.41, 5.74) is 2.62. The molecule has 0 saturated heterocycles. The highest BCUT2D eigenvalue weighted by molar-refractivity contribution is 9.10. The van der Waals surface area contributed by atoms with E-state index in [1.54, 1.807) is 7.11 Å². The van der Waals surface area contributed by atoms with E-state index < -0.39 is 0 Å². The SMILES string of the molecule is COc1ccc(Br)cc1CNC(=O)c1cnc2ccccc2n1. The third-order valence-electron chi connectivity index (χ3n) is 3.36. The summed E-state index contributed by atoms with van der Waals surface area (Å²) in [6.45, 7) is 0.343. The number of nitrogens with one attached hydrogen (secondary N) is 1. The van der Waals surface area contributed by atoms with Gasteiger partial charge in [0, 0.05) is 16.6 Å². The van der Waals surface area contributed by atoms with Crippen molar-refractivity contribution in [2.75, 3.05) is 7.11 Å². The first-order chi connectivity index (χ1) is 11.2. The van der Waals surface area contributed by atoms with Crippen molar-refractivity contribution < 1.29 is 9.53 Å². The number of rotatable bonds is 4. The monoisotopic (exact) mass is 371 g/mol. The zero-order valence-electron chi connectivity index (χ0n) is 12.4. The Morgan fingerprint density at radius 1 is 1.22 bits per heavy atom. The second kappa shape index (κ2) is 6.75. The maximum atomic E-state index is 12.3. The minimum absolute atomic E-state index is 0.273. The summed E-state index contributed by atoms with van der Waals surface area (Å²) < 4.78 is 6.22. The lowest BCUT2D eigenvalue weighted by Crippen LogP contribution is -2.24. The van der Waals surface area contributed by atoms with Crippen LogP contribution in [-0.4, -0.2) is 23.0 Å². The molecule has 1 N–H and O–H groups in total. The molecule has 3 rings (SSSR count). The molecule has 0 aliphatic carbocycles. The molecule has 6 heteroatoms. The standard InChI is InChI=1S/C17H14BrN3O2/c1-23-16-7-6-12(18)8-11(16)9-20-17(22)15-10-19-13-4-2-3-5-14(13)21-15/h2-8,10H,9H2,1H3,(H,20,22). The largest absolute Gasteiger partial charge is 0.496 e. The normalized spacial score (nSPS) is 10.5. The number of carbonyl (C=O) groups excluding carboxylic acids is 1. The summed E-state index contributed by atoms with van der Waals surface area (Å²) in [6.07, 6.45) is 1.48. The number of carbonyl (C=O) groups is 1. The van der Waals surface area contributed by atoms with Gasteiger partial charge >= 0.3 is 0 Å². The van der Waals surface area contributed by atoms with Gasteiger partial charge in [-0.25, -0.2) is 4.98 Å². The van der Waals surface area contributed by atoms with E-state index in [4.69, 9.17) is 4.74 Å². The van der Waals surface area contributed by atoms with Crippen LogP contribution in [0.2, 0.25) is 0 Å². The van der Waals surface area contributed by atoms with E-state index in [1.807, 2.05) is 42.5 Å². The van der Waals surface area contributed by atoms with Gasteiger partial charge in [0.1, 0.15) is 11.4 Å². The van der Waals surface area contributed by atoms with Crippen molar-refractivity contribution in [3.8, 4) is 5.75 Å². The number of hydrogen-bond acceptors (Lipinski definition) is 4. The number of aromatic nitrogens is 2. The maximum absolute atomic E-state index is 12.3. The maximum Gasteiger partial charge on any atom is 0.271 e. The number of para-hydroxylation sites is 2. The molecule has 0 aliphatic rings. The molecule has 116 valence electrons. The van der Waals surface area contributed by atoms with Gasteiger partial charge in [-0.15, -0.1) is 0 Å². The van der Waals surface area contributed by atoms with E-state index >= 15 is 0 Å². The zero-order valence-corrected chi connectivity index (χ0v) is 14.0. The first-order valence-corrected chi connectivity index (χ1v) is 7.79. The molecule has 0 atom stereocenters. The molecule has 1 amide bonds. The van der Waals surface area contributed by atoms with Crippen molar-refractivity contribution in [1.82, 2.24) is 15.3 Å². The van der Waals surface area contributed by atoms with Gasteiger partial charge < -0.3 is 10.1 Å². The Bertz CT molecular complexity index is 867. The molecule has 0 aliphatic heterocycles. The minimum atomic E-state index is -0.273. The first-order valence-electron chi connectivity index (χ1n) is 7.00. The number of ether oxygens (including phenoxy) is 1. The summed E-state index contributed by atoms with van der Waals surface area (Å²) in [5, 5.41) is 2.84. The molecule has 0 bridgehead atoms. The van der Waals surface area contributed by atoms with Crippen LogP contribution in [0.4, 0.5) is 0 Å². The van der Waals surface area contributed by atoms with Crippen LogP contribution in [0.5, 0.6) is 5.75 Å². The van der Waals surface area contributed by atoms with Gasteiger partial charge in [-0.3, -0.25) is 9.78 Å². The Morgan fingerprint density at radius 3 is 2.78 bits per heavy atom. The molecule has 1 heterocycles. The second-order valence-corrected chi connectivity index (χ2v) is 5.80. The number of hydrogen-bond donors (Lipinski definition) is 1. The Labute approximate surface area is 141 Å². The number of benzene rings is 2. The number of amides is 1. The van der Waals surface area contributed by atoms with Crippen LogP contribution in [0.1, 0.15) is 16.1 Å². The van der Waals surface area contributed by atoms with Crippen molar-refractivity contribution in [1.29, 1.82) is 0 Å². The summed E-state index contributed by atoms with van der Waals surface area (Å²) in [4.78, 5) is 20.9. The van der Waals surface area contributed by atoms with Crippen LogP contribution in [-0.2, 0) is 6.54 Å². The number of halogens is 1. The Balaban J connectivity index is 1.77. The summed E-state index contributed by atoms with van der Waals surface area (Å²) in [7, 11) is 1.60. The van der Waals surface area contributed by atoms with Crippen molar-refractivity contribution >= 4 is 32.9 Å². The molecule has 0 spiro atoms. The average Bonchev–Trinajstić information content (AvgIpc) is 2.59. The molecule has 0 radical (unpaired) electrons. The molecule has 1 aromatic heterocycles. The van der Waals surface area contributed by atoms with Crippen molar-refractivity contribution in [3.63, 3.8) is 0 Å². The van der Waals surface area contributed by atoms with E-state index in [0.717, 1.165) is 21.3 Å². The topological polar surface area (TPSA) is 64.1 Å². The van der Waals surface area contributed by atoms with Crippen LogP contribution in [0.15, 0.2) is 53.1 Å². The number of fused-ring (bicyclic) bond motifs is 1. The predicted octanol–water partition coefficient (Wildman–Crippen LogP) is 3.33. The molecule has 0 unspecified atom stereocenters. The average molecular weight is 372 g/mol. The summed E-state index contributed by atoms with van der Waals surface area (Å²) in [6, 6.07) is 13.1. The van der Waals surface area contributed by atoms with Gasteiger partial charge in [-0.1, -0.05) is 28.1 Å². The highest BCUT2D eigenvalue weighted by Crippen LogP contribution is 2.22. The molecular formula is C17H14BrN3O2. The molecule has 3 aromatic rings. The fourth-order valence-electron chi connectivity index (χ4n) is 2.22. The van der Waals surface area contributed by atoms with E-state index in [0.29, 0.717) is 12.1 Å². The fourth-order valence-corrected chi connectivity index (χ4v) is 2.63. The molecule has 5 nitrogen and oxygen atoms in total. The van der Waals surface area contributed by atoms with E-state index in [2.05, 4.69) is 31.2 Å². The van der Waals surface area contributed by atoms with Gasteiger partial charge in [-0.2, -0.15) is 0 Å². The summed E-state index contributed by atoms with van der Waals surface area (Å²) >= 11 is 3.41. The van der Waals surface area contributed by atoms with Crippen molar-refractivity contribution in [3.05, 3.63) is 64.4 Å². The van der Waals surface area contributed by atoms with Gasteiger partial charge in [0.25, 0.3) is 5.91 Å². The molecule has 2 aromatic carbocycles. The van der Waals surface area contributed by atoms with E-state index in [9.17, 15) is 4.79 Å². The third kappa shape index (κ3) is 3.48. The lowest BCUT2D eigenvalue weighted by molar-refractivity contribution is 0.0945. The zero-order chi connectivity index (χ0) is 16.2. The van der Waals surface area contributed by atoms with Crippen molar-refractivity contribution in [2.45, 2.75) is 6.54 Å². The van der Waals surface area contributed by atoms with Crippen LogP contribution >= 0.6 is 15.9 Å². The highest BCUT2D eigenvalue weighted by Gasteiger charge is 2.10. The first kappa shape index (κ1) is 15.4. The van der Waals surface area contributed by atoms with Crippen LogP contribution < -0.4 is 10.1 Å². The lowest BCUT2D eigenvalue weighted by atomic mass is 10.2. The molecular weight excluding hydrogens is 358 g/mol. The van der Waals surface area contributed by atoms with Crippen LogP contribution in [0, 0.1) is 0 Å². The van der Waals surface area contributed by atoms with Gasteiger partial charge in [0.15, 0.2) is 0 Å². The Hall–Kier alpha value is -2.47. The minimum Gasteiger partial charge on any atom is -0.496 e. The van der Waals surface area contributed by atoms with Gasteiger partial charge in [-0.05, 0) is 30.3 Å². The number of nitrogens with zero attached hydrogens (tertiary/aromatic N) is 2. The van der Waals surface area contributed by atoms with Gasteiger partial charge in [0.05, 0.1) is 24.3 Å². The van der Waals surface area contributed by atoms with Crippen molar-refractivity contribution in [2.24, 2.45) is 0 Å². The van der Waals surface area contributed by atoms with E-state index in [1.165, 1.54) is 6.20 Å². The smallest absolute Gasteiger partial charge is 0.271 e. The van der Waals surface area contributed by atoms with Crippen LogP contribution in [0.3, 0.4) is 0 Å². The molecule has 0 saturated carbocycles. The molecule has 0 fully saturated rings. The Morgan fingerprint density at radius 2 is 2.00 bits per heavy atom. The predicted molar refractivity (Wildman–Crippen MR) is 91.4 cm³/mol. The third-order valence-corrected chi connectivity index (χ3v) is 3.86.